The predicted molar refractivity (Wildman–Crippen MR) is 111 cm³/mol. The summed E-state index contributed by atoms with van der Waals surface area (Å²) in [6.45, 7) is 7.51. The molecule has 2 aromatic rings. The molecule has 1 atom stereocenters. The summed E-state index contributed by atoms with van der Waals surface area (Å²) in [5.41, 5.74) is 0.414. The van der Waals surface area contributed by atoms with E-state index in [1.165, 1.54) is 10.7 Å². The molecule has 0 saturated heterocycles. The van der Waals surface area contributed by atoms with Crippen molar-refractivity contribution in [3.63, 3.8) is 0 Å². The highest BCUT2D eigenvalue weighted by Gasteiger charge is 2.18. The molecule has 0 aliphatic rings. The molecular formula is C22H29N3O4. The summed E-state index contributed by atoms with van der Waals surface area (Å²) in [6.07, 6.45) is 2.98. The fraction of sp³-hybridized carbons (Fsp3) is 0.455. The maximum atomic E-state index is 12.3. The Hall–Kier alpha value is -2.96. The fourth-order valence-electron chi connectivity index (χ4n) is 2.94. The van der Waals surface area contributed by atoms with Gasteiger partial charge in [-0.3, -0.25) is 9.59 Å². The van der Waals surface area contributed by atoms with Gasteiger partial charge in [0.25, 0.3) is 5.91 Å². The highest BCUT2D eigenvalue weighted by Crippen LogP contribution is 2.09. The lowest BCUT2D eigenvalue weighted by Gasteiger charge is -2.14. The zero-order valence-corrected chi connectivity index (χ0v) is 17.5. The quantitative estimate of drug-likeness (QED) is 0.655. The second kappa shape index (κ2) is 10.5. The van der Waals surface area contributed by atoms with Crippen LogP contribution in [0.5, 0.6) is 0 Å². The molecule has 29 heavy (non-hydrogen) atoms. The summed E-state index contributed by atoms with van der Waals surface area (Å²) >= 11 is 0. The SMILES string of the molecule is Cc1cc(=O)c(C(=O)OCC(=O)NC(C)CCCC(C)C)nn1-c1ccccc1. The van der Waals surface area contributed by atoms with Crippen LogP contribution in [0.1, 0.15) is 56.2 Å². The average molecular weight is 399 g/mol. The number of para-hydroxylation sites is 1. The number of carbonyl (C=O) groups excluding carboxylic acids is 2. The predicted octanol–water partition coefficient (Wildman–Crippen LogP) is 3.03. The third-order valence-corrected chi connectivity index (χ3v) is 4.46. The molecule has 1 N–H and O–H groups in total. The number of rotatable bonds is 9. The van der Waals surface area contributed by atoms with Gasteiger partial charge in [-0.05, 0) is 38.3 Å². The number of nitrogens with one attached hydrogen (secondary N) is 1. The molecule has 7 heteroatoms. The Labute approximate surface area is 171 Å². The van der Waals surface area contributed by atoms with Gasteiger partial charge in [-0.1, -0.05) is 44.9 Å². The number of aromatic nitrogens is 2. The van der Waals surface area contributed by atoms with Gasteiger partial charge in [0.1, 0.15) is 0 Å². The van der Waals surface area contributed by atoms with Crippen LogP contribution in [0.4, 0.5) is 0 Å². The van der Waals surface area contributed by atoms with Crippen molar-refractivity contribution in [2.24, 2.45) is 5.92 Å². The monoisotopic (exact) mass is 399 g/mol. The number of aryl methyl sites for hydroxylation is 1. The maximum Gasteiger partial charge on any atom is 0.363 e. The Balaban J connectivity index is 1.97. The molecule has 7 nitrogen and oxygen atoms in total. The number of nitrogens with zero attached hydrogens (tertiary/aromatic N) is 2. The molecule has 0 saturated carbocycles. The van der Waals surface area contributed by atoms with Crippen LogP contribution in [-0.4, -0.2) is 34.3 Å². The number of hydrogen-bond donors (Lipinski definition) is 1. The molecule has 0 aliphatic carbocycles. The Bertz CT molecular complexity index is 891. The molecule has 1 unspecified atom stereocenters. The van der Waals surface area contributed by atoms with Crippen LogP contribution in [0.2, 0.25) is 0 Å². The van der Waals surface area contributed by atoms with Crippen molar-refractivity contribution in [1.82, 2.24) is 15.1 Å². The van der Waals surface area contributed by atoms with Crippen LogP contribution >= 0.6 is 0 Å². The molecular weight excluding hydrogens is 370 g/mol. The van der Waals surface area contributed by atoms with Gasteiger partial charge in [0.15, 0.2) is 6.61 Å². The second-order valence-electron chi connectivity index (χ2n) is 7.62. The van der Waals surface area contributed by atoms with Crippen LogP contribution < -0.4 is 10.7 Å². The van der Waals surface area contributed by atoms with E-state index < -0.39 is 23.9 Å². The first-order valence-corrected chi connectivity index (χ1v) is 9.90. The van der Waals surface area contributed by atoms with E-state index in [0.717, 1.165) is 19.3 Å². The van der Waals surface area contributed by atoms with Crippen molar-refractivity contribution in [2.75, 3.05) is 6.61 Å². The van der Waals surface area contributed by atoms with E-state index >= 15 is 0 Å². The van der Waals surface area contributed by atoms with Crippen LogP contribution in [-0.2, 0) is 9.53 Å². The van der Waals surface area contributed by atoms with Gasteiger partial charge in [-0.15, -0.1) is 0 Å². The van der Waals surface area contributed by atoms with E-state index in [9.17, 15) is 14.4 Å². The number of esters is 1. The van der Waals surface area contributed by atoms with Gasteiger partial charge in [-0.25, -0.2) is 9.48 Å². The molecule has 1 heterocycles. The van der Waals surface area contributed by atoms with Crippen molar-refractivity contribution in [1.29, 1.82) is 0 Å². The van der Waals surface area contributed by atoms with Crippen molar-refractivity contribution in [3.8, 4) is 5.69 Å². The lowest BCUT2D eigenvalue weighted by Crippen LogP contribution is -2.36. The number of amides is 1. The molecule has 0 bridgehead atoms. The third kappa shape index (κ3) is 6.85. The van der Waals surface area contributed by atoms with Gasteiger partial charge in [0, 0.05) is 17.8 Å². The highest BCUT2D eigenvalue weighted by atomic mass is 16.5. The molecule has 0 aliphatic heterocycles. The average Bonchev–Trinajstić information content (AvgIpc) is 2.66. The lowest BCUT2D eigenvalue weighted by molar-refractivity contribution is -0.124. The second-order valence-corrected chi connectivity index (χ2v) is 7.62. The molecule has 1 aromatic carbocycles. The highest BCUT2D eigenvalue weighted by molar-refractivity contribution is 5.89. The minimum Gasteiger partial charge on any atom is -0.451 e. The smallest absolute Gasteiger partial charge is 0.363 e. The third-order valence-electron chi connectivity index (χ3n) is 4.46. The Morgan fingerprint density at radius 2 is 1.83 bits per heavy atom. The molecule has 0 fully saturated rings. The Morgan fingerprint density at radius 1 is 1.14 bits per heavy atom. The summed E-state index contributed by atoms with van der Waals surface area (Å²) in [5.74, 6) is -0.686. The molecule has 0 spiro atoms. The van der Waals surface area contributed by atoms with Crippen LogP contribution in [0, 0.1) is 12.8 Å². The Morgan fingerprint density at radius 3 is 2.48 bits per heavy atom. The summed E-state index contributed by atoms with van der Waals surface area (Å²) in [7, 11) is 0. The topological polar surface area (TPSA) is 90.3 Å². The maximum absolute atomic E-state index is 12.3. The van der Waals surface area contributed by atoms with E-state index in [1.807, 2.05) is 37.3 Å². The number of ether oxygens (including phenoxy) is 1. The summed E-state index contributed by atoms with van der Waals surface area (Å²) in [5, 5.41) is 6.94. The number of benzene rings is 1. The number of hydrogen-bond acceptors (Lipinski definition) is 5. The fourth-order valence-corrected chi connectivity index (χ4v) is 2.94. The van der Waals surface area contributed by atoms with Crippen LogP contribution in [0.15, 0.2) is 41.2 Å². The zero-order chi connectivity index (χ0) is 21.4. The molecule has 156 valence electrons. The first kappa shape index (κ1) is 22.3. The first-order valence-electron chi connectivity index (χ1n) is 9.90. The zero-order valence-electron chi connectivity index (χ0n) is 17.5. The molecule has 0 radical (unpaired) electrons. The van der Waals surface area contributed by atoms with E-state index in [2.05, 4.69) is 24.3 Å². The molecule has 1 amide bonds. The molecule has 1 aromatic heterocycles. The minimum absolute atomic E-state index is 0.00670. The van der Waals surface area contributed by atoms with Gasteiger partial charge < -0.3 is 10.1 Å². The normalized spacial score (nSPS) is 11.9. The lowest BCUT2D eigenvalue weighted by atomic mass is 10.0. The van der Waals surface area contributed by atoms with E-state index in [4.69, 9.17) is 4.74 Å². The standard InChI is InChI=1S/C22H29N3O4/c1-15(2)9-8-10-16(3)23-20(27)14-29-22(28)21-19(26)13-17(4)25(24-21)18-11-6-5-7-12-18/h5-7,11-13,15-16H,8-10,14H2,1-4H3,(H,23,27). The largest absolute Gasteiger partial charge is 0.451 e. The van der Waals surface area contributed by atoms with Crippen LogP contribution in [0.25, 0.3) is 5.69 Å². The van der Waals surface area contributed by atoms with Crippen molar-refractivity contribution < 1.29 is 14.3 Å². The van der Waals surface area contributed by atoms with Crippen molar-refractivity contribution in [2.45, 2.75) is 53.0 Å². The van der Waals surface area contributed by atoms with Crippen molar-refractivity contribution in [3.05, 3.63) is 58.0 Å². The molecule has 2 rings (SSSR count). The van der Waals surface area contributed by atoms with Crippen molar-refractivity contribution >= 4 is 11.9 Å². The number of carbonyl (C=O) groups is 2. The summed E-state index contributed by atoms with van der Waals surface area (Å²) in [4.78, 5) is 36.5. The summed E-state index contributed by atoms with van der Waals surface area (Å²) < 4.78 is 6.51. The van der Waals surface area contributed by atoms with E-state index in [-0.39, 0.29) is 11.7 Å². The summed E-state index contributed by atoms with van der Waals surface area (Å²) in [6, 6.07) is 10.5. The van der Waals surface area contributed by atoms with E-state index in [1.54, 1.807) is 6.92 Å². The van der Waals surface area contributed by atoms with Gasteiger partial charge in [0.2, 0.25) is 11.1 Å². The van der Waals surface area contributed by atoms with Crippen LogP contribution in [0.3, 0.4) is 0 Å². The first-order chi connectivity index (χ1) is 13.8. The van der Waals surface area contributed by atoms with E-state index in [0.29, 0.717) is 17.3 Å². The van der Waals surface area contributed by atoms with Gasteiger partial charge >= 0.3 is 5.97 Å². The minimum atomic E-state index is -0.915. The van der Waals surface area contributed by atoms with Gasteiger partial charge in [0.05, 0.1) is 5.69 Å². The Kier molecular flexibility index (Phi) is 8.12. The van der Waals surface area contributed by atoms with Gasteiger partial charge in [-0.2, -0.15) is 5.10 Å².